The van der Waals surface area contributed by atoms with Crippen LogP contribution in [0.1, 0.15) is 11.1 Å². The fraction of sp³-hybridized carbons (Fsp3) is 0.0952. The lowest BCUT2D eigenvalue weighted by Gasteiger charge is -2.04. The lowest BCUT2D eigenvalue weighted by atomic mass is 10.2. The molecular weight excluding hydrogens is 326 g/mol. The summed E-state index contributed by atoms with van der Waals surface area (Å²) in [5, 5.41) is 10.5. The quantitative estimate of drug-likeness (QED) is 0.539. The van der Waals surface area contributed by atoms with E-state index in [9.17, 15) is 0 Å². The van der Waals surface area contributed by atoms with Crippen molar-refractivity contribution in [3.63, 3.8) is 0 Å². The molecule has 4 rings (SSSR count). The van der Waals surface area contributed by atoms with Crippen molar-refractivity contribution in [2.45, 2.75) is 13.1 Å². The van der Waals surface area contributed by atoms with Crippen molar-refractivity contribution in [1.82, 2.24) is 15.1 Å². The van der Waals surface area contributed by atoms with Crippen molar-refractivity contribution in [2.75, 3.05) is 0 Å². The second-order valence-electron chi connectivity index (χ2n) is 5.85. The van der Waals surface area contributed by atoms with Crippen LogP contribution in [-0.2, 0) is 13.1 Å². The van der Waals surface area contributed by atoms with Gasteiger partial charge in [0.05, 0.1) is 10.6 Å². The van der Waals surface area contributed by atoms with Gasteiger partial charge in [0.2, 0.25) is 0 Å². The Kier molecular flexibility index (Phi) is 4.72. The summed E-state index contributed by atoms with van der Waals surface area (Å²) >= 11 is 1.72. The molecule has 0 fully saturated rings. The van der Waals surface area contributed by atoms with E-state index in [2.05, 4.69) is 65.4 Å². The van der Waals surface area contributed by atoms with Crippen molar-refractivity contribution in [3.8, 4) is 16.3 Å². The summed E-state index contributed by atoms with van der Waals surface area (Å²) in [6.07, 6.45) is 2.13. The molecule has 25 heavy (non-hydrogen) atoms. The molecule has 2 aromatic heterocycles. The van der Waals surface area contributed by atoms with Gasteiger partial charge in [0.15, 0.2) is 0 Å². The molecule has 1 N–H and O–H groups in total. The van der Waals surface area contributed by atoms with Gasteiger partial charge < -0.3 is 5.32 Å². The zero-order chi connectivity index (χ0) is 16.9. The Bertz CT molecular complexity index is 912. The Morgan fingerprint density at radius 3 is 2.32 bits per heavy atom. The van der Waals surface area contributed by atoms with E-state index >= 15 is 0 Å². The van der Waals surface area contributed by atoms with Gasteiger partial charge >= 0.3 is 0 Å². The molecule has 3 nitrogen and oxygen atoms in total. The van der Waals surface area contributed by atoms with Crippen LogP contribution in [-0.4, -0.2) is 9.78 Å². The van der Waals surface area contributed by atoms with Crippen LogP contribution in [0.15, 0.2) is 84.4 Å². The van der Waals surface area contributed by atoms with Crippen LogP contribution in [0, 0.1) is 0 Å². The van der Waals surface area contributed by atoms with Crippen molar-refractivity contribution in [2.24, 2.45) is 0 Å². The first-order valence-electron chi connectivity index (χ1n) is 8.32. The number of para-hydroxylation sites is 1. The number of thiophene rings is 1. The summed E-state index contributed by atoms with van der Waals surface area (Å²) in [5.41, 5.74) is 4.63. The molecule has 0 spiro atoms. The molecule has 4 heteroatoms. The van der Waals surface area contributed by atoms with E-state index in [1.54, 1.807) is 11.3 Å². The summed E-state index contributed by atoms with van der Waals surface area (Å²) < 4.78 is 1.97. The number of hydrogen-bond acceptors (Lipinski definition) is 3. The highest BCUT2D eigenvalue weighted by Crippen LogP contribution is 2.27. The van der Waals surface area contributed by atoms with Crippen LogP contribution in [0.4, 0.5) is 0 Å². The van der Waals surface area contributed by atoms with Gasteiger partial charge in [-0.15, -0.1) is 11.3 Å². The fourth-order valence-electron chi connectivity index (χ4n) is 2.81. The monoisotopic (exact) mass is 345 g/mol. The number of hydrogen-bond donors (Lipinski definition) is 1. The largest absolute Gasteiger partial charge is 0.308 e. The molecule has 0 aliphatic rings. The fourth-order valence-corrected chi connectivity index (χ4v) is 3.55. The normalized spacial score (nSPS) is 10.9. The van der Waals surface area contributed by atoms with E-state index < -0.39 is 0 Å². The molecule has 0 aliphatic heterocycles. The van der Waals surface area contributed by atoms with Crippen LogP contribution in [0.2, 0.25) is 0 Å². The average Bonchev–Trinajstić information content (AvgIpc) is 3.33. The van der Waals surface area contributed by atoms with E-state index in [4.69, 9.17) is 5.10 Å². The highest BCUT2D eigenvalue weighted by molar-refractivity contribution is 7.13. The predicted molar refractivity (Wildman–Crippen MR) is 104 cm³/mol. The Morgan fingerprint density at radius 2 is 1.60 bits per heavy atom. The molecule has 2 heterocycles. The third kappa shape index (κ3) is 3.71. The first-order valence-corrected chi connectivity index (χ1v) is 9.20. The van der Waals surface area contributed by atoms with E-state index in [1.807, 2.05) is 28.9 Å². The van der Waals surface area contributed by atoms with Crippen LogP contribution < -0.4 is 5.32 Å². The van der Waals surface area contributed by atoms with Crippen molar-refractivity contribution in [3.05, 3.63) is 95.5 Å². The molecule has 2 aromatic carbocycles. The van der Waals surface area contributed by atoms with E-state index in [-0.39, 0.29) is 0 Å². The van der Waals surface area contributed by atoms with Gasteiger partial charge in [-0.05, 0) is 29.1 Å². The molecule has 0 saturated heterocycles. The van der Waals surface area contributed by atoms with E-state index in [0.717, 1.165) is 24.5 Å². The Hall–Kier alpha value is -2.69. The van der Waals surface area contributed by atoms with Crippen molar-refractivity contribution < 1.29 is 0 Å². The SMILES string of the molecule is c1ccc(CNCc2cn(-c3ccccc3)nc2-c2cccs2)cc1. The average molecular weight is 345 g/mol. The summed E-state index contributed by atoms with van der Waals surface area (Å²) in [7, 11) is 0. The maximum absolute atomic E-state index is 4.84. The predicted octanol–water partition coefficient (Wildman–Crippen LogP) is 4.89. The highest BCUT2D eigenvalue weighted by atomic mass is 32.1. The van der Waals surface area contributed by atoms with Gasteiger partial charge in [-0.2, -0.15) is 5.10 Å². The standard InChI is InChI=1S/C21H19N3S/c1-3-8-17(9-4-1)14-22-15-18-16-24(19-10-5-2-6-11-19)23-21(18)20-12-7-13-25-20/h1-13,16,22H,14-15H2. The topological polar surface area (TPSA) is 29.9 Å². The minimum Gasteiger partial charge on any atom is -0.308 e. The Balaban J connectivity index is 1.58. The second-order valence-corrected chi connectivity index (χ2v) is 6.80. The van der Waals surface area contributed by atoms with Crippen molar-refractivity contribution in [1.29, 1.82) is 0 Å². The van der Waals surface area contributed by atoms with Crippen LogP contribution in [0.5, 0.6) is 0 Å². The van der Waals surface area contributed by atoms with E-state index in [1.165, 1.54) is 16.0 Å². The molecule has 0 bridgehead atoms. The minimum atomic E-state index is 0.787. The first kappa shape index (κ1) is 15.8. The number of nitrogens with one attached hydrogen (secondary N) is 1. The summed E-state index contributed by atoms with van der Waals surface area (Å²) in [5.74, 6) is 0. The number of aromatic nitrogens is 2. The maximum Gasteiger partial charge on any atom is 0.107 e. The zero-order valence-corrected chi connectivity index (χ0v) is 14.6. The lowest BCUT2D eigenvalue weighted by molar-refractivity contribution is 0.694. The molecule has 0 aliphatic carbocycles. The van der Waals surface area contributed by atoms with E-state index in [0.29, 0.717) is 0 Å². The lowest BCUT2D eigenvalue weighted by Crippen LogP contribution is -2.12. The minimum absolute atomic E-state index is 0.787. The number of nitrogens with zero attached hydrogens (tertiary/aromatic N) is 2. The molecule has 0 saturated carbocycles. The molecule has 0 unspecified atom stereocenters. The number of rotatable bonds is 6. The number of benzene rings is 2. The summed E-state index contributed by atoms with van der Waals surface area (Å²) in [4.78, 5) is 1.20. The maximum atomic E-state index is 4.84. The molecule has 124 valence electrons. The van der Waals surface area contributed by atoms with Crippen molar-refractivity contribution >= 4 is 11.3 Å². The molecule has 0 atom stereocenters. The van der Waals surface area contributed by atoms with Crippen LogP contribution in [0.3, 0.4) is 0 Å². The smallest absolute Gasteiger partial charge is 0.107 e. The summed E-state index contributed by atoms with van der Waals surface area (Å²) in [6.45, 7) is 1.64. The van der Waals surface area contributed by atoms with Gasteiger partial charge in [0.1, 0.15) is 5.69 Å². The zero-order valence-electron chi connectivity index (χ0n) is 13.8. The highest BCUT2D eigenvalue weighted by Gasteiger charge is 2.12. The van der Waals surface area contributed by atoms with Gasteiger partial charge in [0, 0.05) is 24.8 Å². The third-order valence-corrected chi connectivity index (χ3v) is 4.93. The summed E-state index contributed by atoms with van der Waals surface area (Å²) in [6, 6.07) is 24.9. The molecule has 4 aromatic rings. The molecule has 0 amide bonds. The Morgan fingerprint density at radius 1 is 0.840 bits per heavy atom. The van der Waals surface area contributed by atoms with Crippen LogP contribution in [0.25, 0.3) is 16.3 Å². The van der Waals surface area contributed by atoms with Gasteiger partial charge in [-0.1, -0.05) is 54.6 Å². The van der Waals surface area contributed by atoms with Gasteiger partial charge in [-0.3, -0.25) is 0 Å². The van der Waals surface area contributed by atoms with Crippen LogP contribution >= 0.6 is 11.3 Å². The Labute approximate surface area is 151 Å². The van der Waals surface area contributed by atoms with Gasteiger partial charge in [-0.25, -0.2) is 4.68 Å². The first-order chi connectivity index (χ1) is 12.4. The molecular formula is C21H19N3S. The third-order valence-electron chi connectivity index (χ3n) is 4.05. The second kappa shape index (κ2) is 7.47. The van der Waals surface area contributed by atoms with Gasteiger partial charge in [0.25, 0.3) is 0 Å². The molecule has 0 radical (unpaired) electrons.